The maximum Gasteiger partial charge on any atom is 0.248 e. The zero-order valence-electron chi connectivity index (χ0n) is 12.1. The first kappa shape index (κ1) is 15.2. The predicted octanol–water partition coefficient (Wildman–Crippen LogP) is 4.26. The van der Waals surface area contributed by atoms with Gasteiger partial charge in [-0.15, -0.1) is 10.2 Å². The Hall–Kier alpha value is -1.20. The Kier molecular flexibility index (Phi) is 5.31. The molecule has 1 aromatic heterocycles. The molecule has 1 N–H and O–H groups in total. The number of hydrogen-bond acceptors (Lipinski definition) is 4. The van der Waals surface area contributed by atoms with E-state index in [1.54, 1.807) is 0 Å². The number of aryl methyl sites for hydroxylation is 1. The molecule has 0 aliphatic carbocycles. The highest BCUT2D eigenvalue weighted by molar-refractivity contribution is 9.10. The van der Waals surface area contributed by atoms with Crippen molar-refractivity contribution in [2.75, 3.05) is 6.54 Å². The molecular weight excluding hydrogens is 318 g/mol. The van der Waals surface area contributed by atoms with Gasteiger partial charge in [0, 0.05) is 4.47 Å². The Morgan fingerprint density at radius 1 is 1.30 bits per heavy atom. The van der Waals surface area contributed by atoms with Gasteiger partial charge < -0.3 is 9.73 Å². The Morgan fingerprint density at radius 2 is 2.10 bits per heavy atom. The average Bonchev–Trinajstić information content (AvgIpc) is 2.92. The molecule has 20 heavy (non-hydrogen) atoms. The number of benzene rings is 1. The van der Waals surface area contributed by atoms with Crippen molar-refractivity contribution in [1.82, 2.24) is 15.5 Å². The van der Waals surface area contributed by atoms with Gasteiger partial charge in [-0.3, -0.25) is 0 Å². The first-order valence-corrected chi connectivity index (χ1v) is 7.78. The lowest BCUT2D eigenvalue weighted by molar-refractivity contribution is 0.396. The van der Waals surface area contributed by atoms with Crippen molar-refractivity contribution in [1.29, 1.82) is 0 Å². The summed E-state index contributed by atoms with van der Waals surface area (Å²) in [5, 5.41) is 11.8. The monoisotopic (exact) mass is 337 g/mol. The second kappa shape index (κ2) is 6.99. The molecule has 1 unspecified atom stereocenters. The summed E-state index contributed by atoms with van der Waals surface area (Å²) in [6, 6.07) is 6.14. The molecule has 0 aliphatic rings. The minimum atomic E-state index is 0.125. The first-order chi connectivity index (χ1) is 9.67. The van der Waals surface area contributed by atoms with Crippen LogP contribution in [-0.4, -0.2) is 16.7 Å². The van der Waals surface area contributed by atoms with Crippen molar-refractivity contribution in [3.63, 3.8) is 0 Å². The van der Waals surface area contributed by atoms with Gasteiger partial charge in [0.05, 0.1) is 11.6 Å². The lowest BCUT2D eigenvalue weighted by Gasteiger charge is -2.11. The van der Waals surface area contributed by atoms with E-state index < -0.39 is 0 Å². The molecule has 108 valence electrons. The maximum absolute atomic E-state index is 5.84. The molecule has 5 heteroatoms. The second-order valence-corrected chi connectivity index (χ2v) is 5.59. The maximum atomic E-state index is 5.84. The molecule has 0 spiro atoms. The number of halogens is 1. The Labute approximate surface area is 128 Å². The van der Waals surface area contributed by atoms with Crippen LogP contribution in [0.4, 0.5) is 0 Å². The van der Waals surface area contributed by atoms with Crippen LogP contribution in [0.3, 0.4) is 0 Å². The number of nitrogens with one attached hydrogen (secondary N) is 1. The molecule has 2 rings (SSSR count). The molecule has 1 atom stereocenters. The normalized spacial score (nSPS) is 12.6. The molecule has 0 radical (unpaired) electrons. The lowest BCUT2D eigenvalue weighted by atomic mass is 10.1. The molecule has 0 bridgehead atoms. The highest BCUT2D eigenvalue weighted by atomic mass is 79.9. The Balaban J connectivity index is 2.26. The van der Waals surface area contributed by atoms with Gasteiger partial charge in [-0.1, -0.05) is 26.0 Å². The van der Waals surface area contributed by atoms with Crippen LogP contribution in [0, 0.1) is 6.92 Å². The van der Waals surface area contributed by atoms with E-state index in [-0.39, 0.29) is 6.04 Å². The number of nitrogens with zero attached hydrogens (tertiary/aromatic N) is 2. The van der Waals surface area contributed by atoms with Crippen molar-refractivity contribution in [3.05, 3.63) is 34.1 Å². The number of rotatable bonds is 6. The molecular formula is C15H20BrN3O. The van der Waals surface area contributed by atoms with Crippen LogP contribution in [0.25, 0.3) is 11.5 Å². The van der Waals surface area contributed by atoms with Crippen LogP contribution in [0.2, 0.25) is 0 Å². The minimum absolute atomic E-state index is 0.125. The Morgan fingerprint density at radius 3 is 2.80 bits per heavy atom. The lowest BCUT2D eigenvalue weighted by Crippen LogP contribution is -2.21. The highest BCUT2D eigenvalue weighted by Crippen LogP contribution is 2.30. The molecule has 4 nitrogen and oxygen atoms in total. The summed E-state index contributed by atoms with van der Waals surface area (Å²) in [4.78, 5) is 0. The van der Waals surface area contributed by atoms with Gasteiger partial charge >= 0.3 is 0 Å². The van der Waals surface area contributed by atoms with Crippen LogP contribution in [0.1, 0.15) is 44.2 Å². The molecule has 0 saturated heterocycles. The minimum Gasteiger partial charge on any atom is -0.419 e. The summed E-state index contributed by atoms with van der Waals surface area (Å²) in [6.07, 6.45) is 2.01. The molecule has 1 aromatic carbocycles. The Bertz CT molecular complexity index is 568. The van der Waals surface area contributed by atoms with Crippen molar-refractivity contribution in [2.45, 2.75) is 39.7 Å². The highest BCUT2D eigenvalue weighted by Gasteiger charge is 2.18. The smallest absolute Gasteiger partial charge is 0.248 e. The van der Waals surface area contributed by atoms with Gasteiger partial charge in [-0.25, -0.2) is 0 Å². The van der Waals surface area contributed by atoms with E-state index in [0.29, 0.717) is 11.8 Å². The second-order valence-electron chi connectivity index (χ2n) is 4.80. The van der Waals surface area contributed by atoms with Crippen LogP contribution < -0.4 is 5.32 Å². The SMILES string of the molecule is CCCNC(CC)c1nnc(-c2cccc(C)c2Br)o1. The van der Waals surface area contributed by atoms with Gasteiger partial charge in [0.15, 0.2) is 0 Å². The summed E-state index contributed by atoms with van der Waals surface area (Å²) >= 11 is 3.58. The number of hydrogen-bond donors (Lipinski definition) is 1. The van der Waals surface area contributed by atoms with Crippen molar-refractivity contribution in [2.24, 2.45) is 0 Å². The largest absolute Gasteiger partial charge is 0.419 e. The van der Waals surface area contributed by atoms with Gasteiger partial charge in [0.1, 0.15) is 0 Å². The van der Waals surface area contributed by atoms with Crippen molar-refractivity contribution >= 4 is 15.9 Å². The van der Waals surface area contributed by atoms with Gasteiger partial charge in [0.2, 0.25) is 11.8 Å². The third-order valence-electron chi connectivity index (χ3n) is 3.21. The summed E-state index contributed by atoms with van der Waals surface area (Å²) < 4.78 is 6.85. The van der Waals surface area contributed by atoms with E-state index in [1.807, 2.05) is 25.1 Å². The van der Waals surface area contributed by atoms with Crippen LogP contribution >= 0.6 is 15.9 Å². The van der Waals surface area contributed by atoms with E-state index in [0.717, 1.165) is 35.0 Å². The molecule has 0 amide bonds. The summed E-state index contributed by atoms with van der Waals surface area (Å²) in [5.74, 6) is 1.22. The quantitative estimate of drug-likeness (QED) is 0.855. The first-order valence-electron chi connectivity index (χ1n) is 6.99. The van der Waals surface area contributed by atoms with Gasteiger partial charge in [0.25, 0.3) is 0 Å². The van der Waals surface area contributed by atoms with E-state index in [9.17, 15) is 0 Å². The standard InChI is InChI=1S/C15H20BrN3O/c1-4-9-17-12(5-2)15-19-18-14(20-15)11-8-6-7-10(3)13(11)16/h6-8,12,17H,4-5,9H2,1-3H3. The third-order valence-corrected chi connectivity index (χ3v) is 4.26. The van der Waals surface area contributed by atoms with Gasteiger partial charge in [-0.2, -0.15) is 0 Å². The molecule has 0 saturated carbocycles. The number of aromatic nitrogens is 2. The average molecular weight is 338 g/mol. The summed E-state index contributed by atoms with van der Waals surface area (Å²) in [6.45, 7) is 7.25. The topological polar surface area (TPSA) is 51.0 Å². The van der Waals surface area contributed by atoms with E-state index in [4.69, 9.17) is 4.42 Å². The molecule has 0 fully saturated rings. The molecule has 2 aromatic rings. The fourth-order valence-corrected chi connectivity index (χ4v) is 2.46. The van der Waals surface area contributed by atoms with Crippen molar-refractivity contribution in [3.8, 4) is 11.5 Å². The van der Waals surface area contributed by atoms with Crippen LogP contribution in [-0.2, 0) is 0 Å². The summed E-state index contributed by atoms with van der Waals surface area (Å²) in [7, 11) is 0. The van der Waals surface area contributed by atoms with E-state index in [1.165, 1.54) is 0 Å². The third kappa shape index (κ3) is 3.27. The van der Waals surface area contributed by atoms with E-state index in [2.05, 4.69) is 45.3 Å². The fraction of sp³-hybridized carbons (Fsp3) is 0.467. The zero-order valence-corrected chi connectivity index (χ0v) is 13.7. The van der Waals surface area contributed by atoms with Crippen LogP contribution in [0.5, 0.6) is 0 Å². The van der Waals surface area contributed by atoms with Gasteiger partial charge in [-0.05, 0) is 53.9 Å². The van der Waals surface area contributed by atoms with Crippen molar-refractivity contribution < 1.29 is 4.42 Å². The molecule has 1 heterocycles. The van der Waals surface area contributed by atoms with Crippen LogP contribution in [0.15, 0.2) is 27.1 Å². The zero-order chi connectivity index (χ0) is 14.5. The predicted molar refractivity (Wildman–Crippen MR) is 83.5 cm³/mol. The van der Waals surface area contributed by atoms with E-state index >= 15 is 0 Å². The molecule has 0 aliphatic heterocycles. The summed E-state index contributed by atoms with van der Waals surface area (Å²) in [5.41, 5.74) is 2.09. The fourth-order valence-electron chi connectivity index (χ4n) is 2.02.